The van der Waals surface area contributed by atoms with E-state index >= 15 is 0 Å². The molecule has 0 fully saturated rings. The lowest BCUT2D eigenvalue weighted by molar-refractivity contribution is 0.370. The van der Waals surface area contributed by atoms with E-state index in [4.69, 9.17) is 10.5 Å². The van der Waals surface area contributed by atoms with E-state index in [1.165, 1.54) is 6.20 Å². The van der Waals surface area contributed by atoms with Gasteiger partial charge in [0.05, 0.1) is 7.11 Å². The van der Waals surface area contributed by atoms with E-state index in [0.717, 1.165) is 10.6 Å². The van der Waals surface area contributed by atoms with E-state index in [-0.39, 0.29) is 0 Å². The maximum atomic E-state index is 5.25. The number of rotatable bonds is 2. The molecule has 1 aromatic heterocycles. The minimum atomic E-state index is 0.712. The van der Waals surface area contributed by atoms with Crippen molar-refractivity contribution in [3.05, 3.63) is 35.1 Å². The SMILES string of the molecule is C=c1[nH]cc/c1=C(/C=C\N)OC. The maximum absolute atomic E-state index is 5.25. The van der Waals surface area contributed by atoms with E-state index in [0.29, 0.717) is 5.76 Å². The summed E-state index contributed by atoms with van der Waals surface area (Å²) in [6, 6.07) is 1.89. The molecule has 0 unspecified atom stereocenters. The van der Waals surface area contributed by atoms with Gasteiger partial charge in [-0.1, -0.05) is 6.58 Å². The van der Waals surface area contributed by atoms with E-state index in [2.05, 4.69) is 11.6 Å². The van der Waals surface area contributed by atoms with Crippen molar-refractivity contribution in [3.63, 3.8) is 0 Å². The summed E-state index contributed by atoms with van der Waals surface area (Å²) in [5.41, 5.74) is 5.25. The molecule has 0 atom stereocenters. The van der Waals surface area contributed by atoms with Crippen LogP contribution in [0.25, 0.3) is 12.3 Å². The van der Waals surface area contributed by atoms with Crippen molar-refractivity contribution in [3.8, 4) is 0 Å². The average molecular weight is 164 g/mol. The Balaban J connectivity index is 3.37. The zero-order chi connectivity index (χ0) is 8.97. The van der Waals surface area contributed by atoms with Gasteiger partial charge in [0.1, 0.15) is 5.76 Å². The third-order valence-corrected chi connectivity index (χ3v) is 1.57. The van der Waals surface area contributed by atoms with Gasteiger partial charge in [-0.25, -0.2) is 0 Å². The molecule has 3 N–H and O–H groups in total. The van der Waals surface area contributed by atoms with Gasteiger partial charge >= 0.3 is 0 Å². The van der Waals surface area contributed by atoms with Gasteiger partial charge in [-0.05, 0) is 18.3 Å². The molecule has 3 heteroatoms. The van der Waals surface area contributed by atoms with Crippen LogP contribution in [0.5, 0.6) is 0 Å². The number of aromatic amines is 1. The molecule has 0 saturated carbocycles. The van der Waals surface area contributed by atoms with Gasteiger partial charge in [0.15, 0.2) is 0 Å². The van der Waals surface area contributed by atoms with Crippen LogP contribution in [0.15, 0.2) is 24.5 Å². The number of methoxy groups -OCH3 is 1. The van der Waals surface area contributed by atoms with E-state index in [9.17, 15) is 0 Å². The van der Waals surface area contributed by atoms with Gasteiger partial charge in [0.25, 0.3) is 0 Å². The number of hydrogen-bond donors (Lipinski definition) is 2. The summed E-state index contributed by atoms with van der Waals surface area (Å²) in [5.74, 6) is 0.712. The number of nitrogens with one attached hydrogen (secondary N) is 1. The van der Waals surface area contributed by atoms with Crippen molar-refractivity contribution in [2.24, 2.45) is 5.73 Å². The molecule has 12 heavy (non-hydrogen) atoms. The molecule has 0 saturated heterocycles. The standard InChI is InChI=1S/C9H12N2O/c1-7-8(4-6-11-7)9(12-2)3-5-10/h3-6,11H,1,10H2,2H3/b5-3-,9-8+. The molecular weight excluding hydrogens is 152 g/mol. The first kappa shape index (κ1) is 8.46. The summed E-state index contributed by atoms with van der Waals surface area (Å²) in [6.07, 6.45) is 4.93. The summed E-state index contributed by atoms with van der Waals surface area (Å²) in [7, 11) is 1.60. The first-order chi connectivity index (χ1) is 5.79. The Morgan fingerprint density at radius 1 is 1.75 bits per heavy atom. The number of nitrogens with two attached hydrogens (primary N) is 1. The normalized spacial score (nSPS) is 13.4. The van der Waals surface area contributed by atoms with E-state index in [1.807, 2.05) is 6.07 Å². The predicted molar refractivity (Wildman–Crippen MR) is 49.3 cm³/mol. The molecule has 0 aliphatic rings. The first-order valence-corrected chi connectivity index (χ1v) is 3.58. The van der Waals surface area contributed by atoms with Crippen LogP contribution in [-0.2, 0) is 4.74 Å². The fraction of sp³-hybridized carbons (Fsp3) is 0.111. The van der Waals surface area contributed by atoms with Gasteiger partial charge in [0, 0.05) is 16.8 Å². The Morgan fingerprint density at radius 3 is 2.92 bits per heavy atom. The molecule has 0 amide bonds. The third-order valence-electron chi connectivity index (χ3n) is 1.57. The zero-order valence-electron chi connectivity index (χ0n) is 7.00. The highest BCUT2D eigenvalue weighted by atomic mass is 16.5. The van der Waals surface area contributed by atoms with Crippen LogP contribution >= 0.6 is 0 Å². The van der Waals surface area contributed by atoms with E-state index < -0.39 is 0 Å². The number of ether oxygens (including phenoxy) is 1. The van der Waals surface area contributed by atoms with Crippen LogP contribution in [-0.4, -0.2) is 12.1 Å². The topological polar surface area (TPSA) is 51.0 Å². The minimum absolute atomic E-state index is 0.712. The molecule has 0 aliphatic carbocycles. The molecule has 0 spiro atoms. The third kappa shape index (κ3) is 1.50. The maximum Gasteiger partial charge on any atom is 0.129 e. The van der Waals surface area contributed by atoms with Gasteiger partial charge < -0.3 is 15.5 Å². The molecule has 1 rings (SSSR count). The lowest BCUT2D eigenvalue weighted by Crippen LogP contribution is -2.23. The summed E-state index contributed by atoms with van der Waals surface area (Å²) in [5, 5.41) is 1.75. The van der Waals surface area contributed by atoms with Crippen LogP contribution in [0.2, 0.25) is 0 Å². The van der Waals surface area contributed by atoms with Crippen molar-refractivity contribution in [2.45, 2.75) is 0 Å². The minimum Gasteiger partial charge on any atom is -0.496 e. The van der Waals surface area contributed by atoms with Crippen molar-refractivity contribution < 1.29 is 4.74 Å². The highest BCUT2D eigenvalue weighted by Crippen LogP contribution is 1.92. The number of hydrogen-bond acceptors (Lipinski definition) is 2. The second-order valence-electron chi connectivity index (χ2n) is 2.30. The summed E-state index contributed by atoms with van der Waals surface area (Å²) in [4.78, 5) is 2.96. The molecule has 3 nitrogen and oxygen atoms in total. The highest BCUT2D eigenvalue weighted by Gasteiger charge is 1.92. The Bertz CT molecular complexity index is 375. The lowest BCUT2D eigenvalue weighted by atomic mass is 10.3. The Kier molecular flexibility index (Phi) is 2.58. The number of aromatic nitrogens is 1. The Hall–Kier alpha value is -1.64. The summed E-state index contributed by atoms with van der Waals surface area (Å²) >= 11 is 0. The fourth-order valence-corrected chi connectivity index (χ4v) is 0.990. The molecule has 0 aliphatic heterocycles. The molecule has 0 aromatic carbocycles. The second-order valence-corrected chi connectivity index (χ2v) is 2.30. The van der Waals surface area contributed by atoms with E-state index in [1.54, 1.807) is 19.4 Å². The Labute approximate surface area is 70.8 Å². The fourth-order valence-electron chi connectivity index (χ4n) is 0.990. The van der Waals surface area contributed by atoms with Crippen LogP contribution in [0.3, 0.4) is 0 Å². The van der Waals surface area contributed by atoms with Crippen molar-refractivity contribution >= 4 is 12.3 Å². The lowest BCUT2D eigenvalue weighted by Gasteiger charge is -1.96. The molecule has 0 bridgehead atoms. The van der Waals surface area contributed by atoms with Gasteiger partial charge in [-0.2, -0.15) is 0 Å². The largest absolute Gasteiger partial charge is 0.496 e. The van der Waals surface area contributed by atoms with Gasteiger partial charge in [0.2, 0.25) is 0 Å². The van der Waals surface area contributed by atoms with Crippen molar-refractivity contribution in [2.75, 3.05) is 7.11 Å². The van der Waals surface area contributed by atoms with Crippen molar-refractivity contribution in [1.29, 1.82) is 0 Å². The first-order valence-electron chi connectivity index (χ1n) is 3.58. The van der Waals surface area contributed by atoms with Crippen LogP contribution in [0.4, 0.5) is 0 Å². The quantitative estimate of drug-likeness (QED) is 0.628. The van der Waals surface area contributed by atoms with Gasteiger partial charge in [-0.15, -0.1) is 0 Å². The molecular formula is C9H12N2O. The summed E-state index contributed by atoms with van der Waals surface area (Å²) in [6.45, 7) is 3.80. The zero-order valence-corrected chi connectivity index (χ0v) is 7.00. The highest BCUT2D eigenvalue weighted by molar-refractivity contribution is 5.48. The van der Waals surface area contributed by atoms with Crippen LogP contribution in [0, 0.1) is 0 Å². The smallest absolute Gasteiger partial charge is 0.129 e. The Morgan fingerprint density at radius 2 is 2.50 bits per heavy atom. The molecule has 64 valence electrons. The van der Waals surface area contributed by atoms with Gasteiger partial charge in [-0.3, -0.25) is 0 Å². The van der Waals surface area contributed by atoms with Crippen LogP contribution < -0.4 is 16.3 Å². The molecule has 1 aromatic rings. The predicted octanol–water partition coefficient (Wildman–Crippen LogP) is -0.348. The average Bonchev–Trinajstić information content (AvgIpc) is 2.47. The second kappa shape index (κ2) is 3.67. The van der Waals surface area contributed by atoms with Crippen molar-refractivity contribution in [1.82, 2.24) is 4.98 Å². The summed E-state index contributed by atoms with van der Waals surface area (Å²) < 4.78 is 5.11. The monoisotopic (exact) mass is 164 g/mol. The molecule has 1 heterocycles. The van der Waals surface area contributed by atoms with Crippen LogP contribution in [0.1, 0.15) is 0 Å². The number of H-pyrrole nitrogens is 1. The molecule has 0 radical (unpaired) electrons.